The summed E-state index contributed by atoms with van der Waals surface area (Å²) < 4.78 is 13.7. The Morgan fingerprint density at radius 2 is 1.86 bits per heavy atom. The Morgan fingerprint density at radius 1 is 1.07 bits per heavy atom. The second kappa shape index (κ2) is 8.17. The molecule has 4 rings (SSSR count). The number of nitrogens with one attached hydrogen (secondary N) is 1. The van der Waals surface area contributed by atoms with Crippen molar-refractivity contribution in [3.8, 4) is 0 Å². The van der Waals surface area contributed by atoms with Gasteiger partial charge in [-0.3, -0.25) is 9.59 Å². The fraction of sp³-hybridized carbons (Fsp3) is 0.217. The van der Waals surface area contributed by atoms with Crippen LogP contribution in [-0.4, -0.2) is 18.4 Å². The molecule has 0 radical (unpaired) electrons. The Balaban J connectivity index is 1.50. The topological polar surface area (TPSA) is 49.4 Å². The number of amides is 2. The molecule has 6 heteroatoms. The number of hydrogen-bond acceptors (Lipinski definition) is 3. The van der Waals surface area contributed by atoms with Crippen molar-refractivity contribution in [1.82, 2.24) is 0 Å². The number of aryl methyl sites for hydroxylation is 1. The van der Waals surface area contributed by atoms with Crippen LogP contribution in [0.5, 0.6) is 0 Å². The van der Waals surface area contributed by atoms with E-state index < -0.39 is 5.82 Å². The first-order valence-corrected chi connectivity index (χ1v) is 10.5. The van der Waals surface area contributed by atoms with Gasteiger partial charge < -0.3 is 10.2 Å². The number of hydrogen-bond donors (Lipinski definition) is 1. The molecule has 1 N–H and O–H groups in total. The van der Waals surface area contributed by atoms with Crippen molar-refractivity contribution in [3.05, 3.63) is 81.3 Å². The van der Waals surface area contributed by atoms with E-state index in [1.54, 1.807) is 48.6 Å². The summed E-state index contributed by atoms with van der Waals surface area (Å²) in [5, 5.41) is 4.80. The van der Waals surface area contributed by atoms with Gasteiger partial charge in [-0.2, -0.15) is 0 Å². The first-order valence-electron chi connectivity index (χ1n) is 9.59. The molecule has 0 fully saturated rings. The minimum atomic E-state index is -0.413. The number of benzene rings is 2. The van der Waals surface area contributed by atoms with Gasteiger partial charge in [0.05, 0.1) is 5.69 Å². The summed E-state index contributed by atoms with van der Waals surface area (Å²) in [6.07, 6.45) is 3.08. The summed E-state index contributed by atoms with van der Waals surface area (Å²) in [6.45, 7) is 2.28. The third-order valence-electron chi connectivity index (χ3n) is 5.20. The van der Waals surface area contributed by atoms with Gasteiger partial charge in [-0.05, 0) is 79.6 Å². The van der Waals surface area contributed by atoms with Gasteiger partial charge in [0.25, 0.3) is 11.8 Å². The maximum Gasteiger partial charge on any atom is 0.258 e. The number of carbonyl (C=O) groups excluding carboxylic acids is 2. The molecule has 2 heterocycles. The van der Waals surface area contributed by atoms with Gasteiger partial charge in [-0.25, -0.2) is 4.39 Å². The number of anilines is 2. The largest absolute Gasteiger partial charge is 0.322 e. The van der Waals surface area contributed by atoms with Gasteiger partial charge in [0.2, 0.25) is 0 Å². The molecule has 4 nitrogen and oxygen atoms in total. The van der Waals surface area contributed by atoms with Crippen LogP contribution in [0, 0.1) is 12.7 Å². The zero-order valence-electron chi connectivity index (χ0n) is 16.1. The number of halogens is 1. The Labute approximate surface area is 173 Å². The van der Waals surface area contributed by atoms with E-state index >= 15 is 0 Å². The van der Waals surface area contributed by atoms with E-state index in [1.165, 1.54) is 17.0 Å². The zero-order chi connectivity index (χ0) is 20.4. The standard InChI is InChI=1S/C23H21FN2O2S/c1-15-18(5-4-6-19(15)24)22(27)25-17-10-8-16(9-11-17)23(28)26-13-3-2-7-21-20(26)12-14-29-21/h4-6,8-12,14H,2-3,7,13H2,1H3,(H,25,27). The molecule has 0 saturated heterocycles. The highest BCUT2D eigenvalue weighted by atomic mass is 32.1. The molecule has 0 bridgehead atoms. The summed E-state index contributed by atoms with van der Waals surface area (Å²) in [5.41, 5.74) is 2.74. The van der Waals surface area contributed by atoms with Crippen LogP contribution in [0.2, 0.25) is 0 Å². The van der Waals surface area contributed by atoms with Crippen molar-refractivity contribution in [3.63, 3.8) is 0 Å². The van der Waals surface area contributed by atoms with E-state index in [0.29, 0.717) is 28.9 Å². The third-order valence-corrected chi connectivity index (χ3v) is 6.17. The Morgan fingerprint density at radius 3 is 2.66 bits per heavy atom. The number of nitrogens with zero attached hydrogens (tertiary/aromatic N) is 1. The minimum Gasteiger partial charge on any atom is -0.322 e. The van der Waals surface area contributed by atoms with E-state index in [1.807, 2.05) is 16.3 Å². The van der Waals surface area contributed by atoms with Crippen LogP contribution < -0.4 is 10.2 Å². The van der Waals surface area contributed by atoms with Gasteiger partial charge in [0, 0.05) is 28.2 Å². The van der Waals surface area contributed by atoms with Gasteiger partial charge in [0.15, 0.2) is 0 Å². The Hall–Kier alpha value is -2.99. The average molecular weight is 408 g/mol. The van der Waals surface area contributed by atoms with E-state index in [2.05, 4.69) is 5.32 Å². The number of rotatable bonds is 3. The lowest BCUT2D eigenvalue weighted by Gasteiger charge is -2.21. The first-order chi connectivity index (χ1) is 14.0. The van der Waals surface area contributed by atoms with Crippen molar-refractivity contribution >= 4 is 34.5 Å². The highest BCUT2D eigenvalue weighted by molar-refractivity contribution is 7.10. The maximum absolute atomic E-state index is 13.7. The highest BCUT2D eigenvalue weighted by Gasteiger charge is 2.23. The van der Waals surface area contributed by atoms with Crippen LogP contribution in [0.15, 0.2) is 53.9 Å². The predicted octanol–water partition coefficient (Wildman–Crippen LogP) is 5.43. The lowest BCUT2D eigenvalue weighted by molar-refractivity contribution is 0.0985. The zero-order valence-corrected chi connectivity index (χ0v) is 16.9. The molecule has 2 aromatic carbocycles. The van der Waals surface area contributed by atoms with Crippen LogP contribution in [0.1, 0.15) is 44.0 Å². The Bertz CT molecular complexity index is 1060. The summed E-state index contributed by atoms with van der Waals surface area (Å²) >= 11 is 1.70. The first kappa shape index (κ1) is 19.3. The van der Waals surface area contributed by atoms with E-state index in [-0.39, 0.29) is 11.8 Å². The summed E-state index contributed by atoms with van der Waals surface area (Å²) in [4.78, 5) is 28.6. The van der Waals surface area contributed by atoms with Crippen LogP contribution in [-0.2, 0) is 6.42 Å². The molecule has 0 saturated carbocycles. The van der Waals surface area contributed by atoms with Crippen molar-refractivity contribution < 1.29 is 14.0 Å². The summed E-state index contributed by atoms with van der Waals surface area (Å²) in [5.74, 6) is -0.828. The quantitative estimate of drug-likeness (QED) is 0.628. The highest BCUT2D eigenvalue weighted by Crippen LogP contribution is 2.32. The third kappa shape index (κ3) is 3.93. The average Bonchev–Trinajstić information content (AvgIpc) is 3.09. The molecule has 0 atom stereocenters. The van der Waals surface area contributed by atoms with Crippen molar-refractivity contribution in [2.45, 2.75) is 26.2 Å². The molecule has 1 aliphatic heterocycles. The van der Waals surface area contributed by atoms with Gasteiger partial charge in [0.1, 0.15) is 5.82 Å². The van der Waals surface area contributed by atoms with Gasteiger partial charge >= 0.3 is 0 Å². The van der Waals surface area contributed by atoms with E-state index in [9.17, 15) is 14.0 Å². The van der Waals surface area contributed by atoms with Crippen molar-refractivity contribution in [1.29, 1.82) is 0 Å². The Kier molecular flexibility index (Phi) is 5.45. The number of fused-ring (bicyclic) bond motifs is 1. The molecule has 3 aromatic rings. The van der Waals surface area contributed by atoms with E-state index in [4.69, 9.17) is 0 Å². The van der Waals surface area contributed by atoms with Crippen LogP contribution in [0.3, 0.4) is 0 Å². The fourth-order valence-corrected chi connectivity index (χ4v) is 4.47. The lowest BCUT2D eigenvalue weighted by Crippen LogP contribution is -2.31. The molecule has 2 amide bonds. The minimum absolute atomic E-state index is 0.0367. The molecule has 1 aromatic heterocycles. The van der Waals surface area contributed by atoms with Gasteiger partial charge in [-0.15, -0.1) is 11.3 Å². The molecular formula is C23H21FN2O2S. The van der Waals surface area contributed by atoms with Crippen molar-refractivity contribution in [2.24, 2.45) is 0 Å². The molecule has 0 unspecified atom stereocenters. The predicted molar refractivity (Wildman–Crippen MR) is 114 cm³/mol. The smallest absolute Gasteiger partial charge is 0.258 e. The normalized spacial score (nSPS) is 13.5. The number of thiophene rings is 1. The molecule has 1 aliphatic rings. The van der Waals surface area contributed by atoms with E-state index in [0.717, 1.165) is 24.9 Å². The second-order valence-corrected chi connectivity index (χ2v) is 8.09. The van der Waals surface area contributed by atoms with Crippen molar-refractivity contribution in [2.75, 3.05) is 16.8 Å². The summed E-state index contributed by atoms with van der Waals surface area (Å²) in [7, 11) is 0. The molecular weight excluding hydrogens is 387 g/mol. The second-order valence-electron chi connectivity index (χ2n) is 7.09. The van der Waals surface area contributed by atoms with Crippen LogP contribution >= 0.6 is 11.3 Å². The molecule has 0 aliphatic carbocycles. The SMILES string of the molecule is Cc1c(F)cccc1C(=O)Nc1ccc(C(=O)N2CCCCc3sccc32)cc1. The fourth-order valence-electron chi connectivity index (χ4n) is 3.55. The molecule has 0 spiro atoms. The summed E-state index contributed by atoms with van der Waals surface area (Å²) in [6, 6.07) is 13.3. The van der Waals surface area contributed by atoms with Gasteiger partial charge in [-0.1, -0.05) is 6.07 Å². The monoisotopic (exact) mass is 408 g/mol. The molecule has 29 heavy (non-hydrogen) atoms. The molecule has 148 valence electrons. The van der Waals surface area contributed by atoms with Crippen LogP contribution in [0.25, 0.3) is 0 Å². The maximum atomic E-state index is 13.7. The number of carbonyl (C=O) groups is 2. The van der Waals surface area contributed by atoms with Crippen LogP contribution in [0.4, 0.5) is 15.8 Å². The lowest BCUT2D eigenvalue weighted by atomic mass is 10.1.